The van der Waals surface area contributed by atoms with E-state index in [-0.39, 0.29) is 5.91 Å². The summed E-state index contributed by atoms with van der Waals surface area (Å²) in [5.41, 5.74) is 10.4. The summed E-state index contributed by atoms with van der Waals surface area (Å²) in [7, 11) is 0. The number of hydrogen-bond donors (Lipinski definition) is 1. The van der Waals surface area contributed by atoms with E-state index in [9.17, 15) is 4.79 Å². The molecule has 6 heteroatoms. The van der Waals surface area contributed by atoms with Crippen molar-refractivity contribution in [3.63, 3.8) is 0 Å². The van der Waals surface area contributed by atoms with Gasteiger partial charge in [-0.25, -0.2) is 5.43 Å². The molecule has 3 aromatic rings. The van der Waals surface area contributed by atoms with E-state index in [4.69, 9.17) is 11.6 Å². The number of benzene rings is 2. The van der Waals surface area contributed by atoms with E-state index in [1.807, 2.05) is 24.3 Å². The van der Waals surface area contributed by atoms with Gasteiger partial charge in [0.1, 0.15) is 0 Å². The molecule has 1 heterocycles. The molecule has 3 rings (SSSR count). The number of carbonyl (C=O) groups excluding carboxylic acids is 1. The van der Waals surface area contributed by atoms with Crippen LogP contribution in [0.4, 0.5) is 0 Å². The van der Waals surface area contributed by atoms with E-state index < -0.39 is 0 Å². The Morgan fingerprint density at radius 1 is 1.10 bits per heavy atom. The first-order valence-electron chi connectivity index (χ1n) is 9.76. The van der Waals surface area contributed by atoms with Crippen LogP contribution >= 0.6 is 23.4 Å². The van der Waals surface area contributed by atoms with Crippen molar-refractivity contribution in [2.45, 2.75) is 33.4 Å². The molecule has 0 fully saturated rings. The van der Waals surface area contributed by atoms with Gasteiger partial charge in [0, 0.05) is 33.4 Å². The Labute approximate surface area is 187 Å². The summed E-state index contributed by atoms with van der Waals surface area (Å²) >= 11 is 7.65. The van der Waals surface area contributed by atoms with E-state index >= 15 is 0 Å². The van der Waals surface area contributed by atoms with Gasteiger partial charge in [-0.2, -0.15) is 5.10 Å². The summed E-state index contributed by atoms with van der Waals surface area (Å²) in [6.07, 6.45) is 1.71. The molecule has 0 atom stereocenters. The lowest BCUT2D eigenvalue weighted by Gasteiger charge is -2.11. The van der Waals surface area contributed by atoms with Crippen molar-refractivity contribution in [1.29, 1.82) is 0 Å². The minimum absolute atomic E-state index is 0.133. The van der Waals surface area contributed by atoms with Gasteiger partial charge in [-0.15, -0.1) is 11.8 Å². The standard InChI is InChI=1S/C24H26ClN3OS/c1-16-9-17(2)11-22(10-16)28-18(3)12-21(19(28)4)13-26-27-24(29)15-30-14-20-7-5-6-8-23(20)25/h5-13H,14-15H2,1-4H3,(H,27,29)/b26-13+. The summed E-state index contributed by atoms with van der Waals surface area (Å²) in [6.45, 7) is 8.35. The fourth-order valence-electron chi connectivity index (χ4n) is 3.47. The summed E-state index contributed by atoms with van der Waals surface area (Å²) in [5.74, 6) is 0.879. The highest BCUT2D eigenvalue weighted by Crippen LogP contribution is 2.22. The Morgan fingerprint density at radius 2 is 1.80 bits per heavy atom. The van der Waals surface area contributed by atoms with Crippen molar-refractivity contribution in [2.24, 2.45) is 5.10 Å². The lowest BCUT2D eigenvalue weighted by molar-refractivity contribution is -0.118. The fraction of sp³-hybridized carbons (Fsp3) is 0.250. The van der Waals surface area contributed by atoms with Crippen LogP contribution in [0.5, 0.6) is 0 Å². The number of nitrogens with one attached hydrogen (secondary N) is 1. The van der Waals surface area contributed by atoms with E-state index in [1.165, 1.54) is 22.9 Å². The Morgan fingerprint density at radius 3 is 2.50 bits per heavy atom. The monoisotopic (exact) mass is 439 g/mol. The van der Waals surface area contributed by atoms with E-state index in [2.05, 4.69) is 67.1 Å². The number of hydrogen-bond acceptors (Lipinski definition) is 3. The molecule has 0 spiro atoms. The molecule has 30 heavy (non-hydrogen) atoms. The molecule has 0 aliphatic rings. The number of amides is 1. The van der Waals surface area contributed by atoms with Gasteiger partial charge in [0.05, 0.1) is 12.0 Å². The maximum absolute atomic E-state index is 12.1. The van der Waals surface area contributed by atoms with Crippen molar-refractivity contribution in [1.82, 2.24) is 9.99 Å². The number of rotatable bonds is 7. The lowest BCUT2D eigenvalue weighted by atomic mass is 10.1. The number of aryl methyl sites for hydroxylation is 3. The molecule has 0 aliphatic carbocycles. The maximum atomic E-state index is 12.1. The molecule has 0 radical (unpaired) electrons. The normalized spacial score (nSPS) is 11.2. The third-order valence-corrected chi connectivity index (χ3v) is 6.13. The van der Waals surface area contributed by atoms with Crippen molar-refractivity contribution in [2.75, 3.05) is 5.75 Å². The average Bonchev–Trinajstić information content (AvgIpc) is 2.96. The van der Waals surface area contributed by atoms with Crippen LogP contribution in [0.25, 0.3) is 5.69 Å². The summed E-state index contributed by atoms with van der Waals surface area (Å²) in [4.78, 5) is 12.1. The first-order valence-corrected chi connectivity index (χ1v) is 11.3. The molecular weight excluding hydrogens is 414 g/mol. The molecule has 0 aliphatic heterocycles. The molecule has 2 aromatic carbocycles. The van der Waals surface area contributed by atoms with Gasteiger partial charge in [-0.05, 0) is 68.7 Å². The number of nitrogens with zero attached hydrogens (tertiary/aromatic N) is 2. The van der Waals surface area contributed by atoms with Gasteiger partial charge in [-0.3, -0.25) is 4.79 Å². The second-order valence-corrected chi connectivity index (χ2v) is 8.78. The zero-order valence-electron chi connectivity index (χ0n) is 17.7. The highest BCUT2D eigenvalue weighted by atomic mass is 35.5. The van der Waals surface area contributed by atoms with Crippen molar-refractivity contribution in [3.8, 4) is 5.69 Å². The number of thioether (sulfide) groups is 1. The molecule has 0 unspecified atom stereocenters. The van der Waals surface area contributed by atoms with Crippen LogP contribution in [-0.4, -0.2) is 22.4 Å². The third-order valence-electron chi connectivity index (χ3n) is 4.78. The average molecular weight is 440 g/mol. The zero-order chi connectivity index (χ0) is 21.7. The Kier molecular flexibility index (Phi) is 7.40. The Bertz CT molecular complexity index is 1070. The van der Waals surface area contributed by atoms with Crippen molar-refractivity contribution in [3.05, 3.63) is 87.2 Å². The lowest BCUT2D eigenvalue weighted by Crippen LogP contribution is -2.19. The van der Waals surface area contributed by atoms with Crippen LogP contribution < -0.4 is 5.43 Å². The van der Waals surface area contributed by atoms with Crippen LogP contribution in [0, 0.1) is 27.7 Å². The predicted octanol–water partition coefficient (Wildman–Crippen LogP) is 5.75. The van der Waals surface area contributed by atoms with E-state index in [1.54, 1.807) is 6.21 Å². The zero-order valence-corrected chi connectivity index (χ0v) is 19.3. The van der Waals surface area contributed by atoms with E-state index in [0.717, 1.165) is 33.2 Å². The second-order valence-electron chi connectivity index (χ2n) is 7.39. The quantitative estimate of drug-likeness (QED) is 0.376. The summed E-state index contributed by atoms with van der Waals surface area (Å²) in [5, 5.41) is 4.88. The van der Waals surface area contributed by atoms with Crippen molar-refractivity contribution >= 4 is 35.5 Å². The van der Waals surface area contributed by atoms with Gasteiger partial charge in [0.15, 0.2) is 0 Å². The first-order chi connectivity index (χ1) is 14.3. The molecule has 156 valence electrons. The smallest absolute Gasteiger partial charge is 0.250 e. The molecular formula is C24H26ClN3OS. The minimum atomic E-state index is -0.133. The largest absolute Gasteiger partial charge is 0.318 e. The topological polar surface area (TPSA) is 46.4 Å². The maximum Gasteiger partial charge on any atom is 0.250 e. The number of hydrazone groups is 1. The van der Waals surface area contributed by atoms with E-state index in [0.29, 0.717) is 11.5 Å². The van der Waals surface area contributed by atoms with Crippen LogP contribution in [0.3, 0.4) is 0 Å². The molecule has 0 bridgehead atoms. The predicted molar refractivity (Wildman–Crippen MR) is 128 cm³/mol. The molecule has 1 N–H and O–H groups in total. The molecule has 4 nitrogen and oxygen atoms in total. The molecule has 0 saturated heterocycles. The van der Waals surface area contributed by atoms with Gasteiger partial charge < -0.3 is 4.57 Å². The number of halogens is 1. The minimum Gasteiger partial charge on any atom is -0.318 e. The van der Waals surface area contributed by atoms with Crippen LogP contribution in [0.15, 0.2) is 53.6 Å². The molecule has 1 amide bonds. The Hall–Kier alpha value is -2.50. The van der Waals surface area contributed by atoms with Crippen molar-refractivity contribution < 1.29 is 4.79 Å². The number of aromatic nitrogens is 1. The van der Waals surface area contributed by atoms with Crippen LogP contribution in [-0.2, 0) is 10.5 Å². The number of carbonyl (C=O) groups is 1. The van der Waals surface area contributed by atoms with Gasteiger partial charge >= 0.3 is 0 Å². The highest BCUT2D eigenvalue weighted by molar-refractivity contribution is 7.99. The SMILES string of the molecule is Cc1cc(C)cc(-n2c(C)cc(/C=N/NC(=O)CSCc3ccccc3Cl)c2C)c1. The second kappa shape index (κ2) is 10.0. The van der Waals surface area contributed by atoms with Gasteiger partial charge in [0.2, 0.25) is 5.91 Å². The van der Waals surface area contributed by atoms with Gasteiger partial charge in [0.25, 0.3) is 0 Å². The fourth-order valence-corrected chi connectivity index (χ4v) is 4.58. The summed E-state index contributed by atoms with van der Waals surface area (Å²) in [6, 6.07) is 16.3. The Balaban J connectivity index is 1.60. The van der Waals surface area contributed by atoms with Crippen LogP contribution in [0.2, 0.25) is 5.02 Å². The van der Waals surface area contributed by atoms with Gasteiger partial charge in [-0.1, -0.05) is 35.9 Å². The molecule has 1 aromatic heterocycles. The highest BCUT2D eigenvalue weighted by Gasteiger charge is 2.10. The summed E-state index contributed by atoms with van der Waals surface area (Å²) < 4.78 is 2.21. The van der Waals surface area contributed by atoms with Crippen LogP contribution in [0.1, 0.15) is 33.6 Å². The third kappa shape index (κ3) is 5.55. The first kappa shape index (κ1) is 22.2. The molecule has 0 saturated carbocycles.